The molecule has 0 bridgehead atoms. The van der Waals surface area contributed by atoms with Crippen molar-refractivity contribution in [3.05, 3.63) is 0 Å². The molecule has 0 aromatic heterocycles. The molecule has 0 aromatic rings. The first-order valence-corrected chi connectivity index (χ1v) is 4.07. The molecule has 3 nitrogen and oxygen atoms in total. The summed E-state index contributed by atoms with van der Waals surface area (Å²) in [4.78, 5) is 10.9. The van der Waals surface area contributed by atoms with Crippen molar-refractivity contribution < 1.29 is 14.3 Å². The molecule has 0 spiro atoms. The summed E-state index contributed by atoms with van der Waals surface area (Å²) in [6.07, 6.45) is 0.689. The lowest BCUT2D eigenvalue weighted by Gasteiger charge is -2.07. The number of carbonyl (C=O) groups excluding carboxylic acids is 1. The summed E-state index contributed by atoms with van der Waals surface area (Å²) in [5, 5.41) is -0.299. The summed E-state index contributed by atoms with van der Waals surface area (Å²) in [6, 6.07) is 0. The van der Waals surface area contributed by atoms with E-state index < -0.39 is 0 Å². The maximum absolute atomic E-state index is 10.9. The van der Waals surface area contributed by atoms with Gasteiger partial charge in [0.05, 0.1) is 11.9 Å². The van der Waals surface area contributed by atoms with Gasteiger partial charge in [0, 0.05) is 7.11 Å². The fourth-order valence-electron chi connectivity index (χ4n) is 0.488. The number of ether oxygens (including phenoxy) is 2. The van der Waals surface area contributed by atoms with Crippen molar-refractivity contribution in [2.24, 2.45) is 0 Å². The lowest BCUT2D eigenvalue weighted by molar-refractivity contribution is -0.144. The van der Waals surface area contributed by atoms with E-state index in [-0.39, 0.29) is 11.2 Å². The summed E-state index contributed by atoms with van der Waals surface area (Å²) < 4.78 is 9.50. The van der Waals surface area contributed by atoms with Crippen LogP contribution in [0.15, 0.2) is 0 Å². The predicted octanol–water partition coefficient (Wildman–Crippen LogP) is 0.884. The fourth-order valence-corrected chi connectivity index (χ4v) is 0.563. The number of hydrogen-bond donors (Lipinski definition) is 1. The Balaban J connectivity index is 3.36. The molecule has 0 aliphatic heterocycles. The topological polar surface area (TPSA) is 35.5 Å². The molecule has 0 heterocycles. The largest absolute Gasteiger partial charge is 0.462 e. The van der Waals surface area contributed by atoms with E-state index in [9.17, 15) is 4.79 Å². The van der Waals surface area contributed by atoms with Crippen molar-refractivity contribution in [3.8, 4) is 0 Å². The Labute approximate surface area is 72.5 Å². The highest BCUT2D eigenvalue weighted by Crippen LogP contribution is 2.02. The fraction of sp³-hybridized carbons (Fsp3) is 0.857. The van der Waals surface area contributed by atoms with E-state index in [0.29, 0.717) is 19.6 Å². The van der Waals surface area contributed by atoms with E-state index >= 15 is 0 Å². The van der Waals surface area contributed by atoms with Gasteiger partial charge in [0.1, 0.15) is 6.61 Å². The first kappa shape index (κ1) is 10.8. The quantitative estimate of drug-likeness (QED) is 0.386. The number of esters is 1. The molecule has 11 heavy (non-hydrogen) atoms. The van der Waals surface area contributed by atoms with Crippen LogP contribution in [0, 0.1) is 0 Å². The van der Waals surface area contributed by atoms with Gasteiger partial charge >= 0.3 is 5.97 Å². The Morgan fingerprint density at radius 3 is 2.64 bits per heavy atom. The zero-order chi connectivity index (χ0) is 8.69. The minimum absolute atomic E-state index is 0.270. The molecule has 0 amide bonds. The van der Waals surface area contributed by atoms with Gasteiger partial charge in [0.25, 0.3) is 0 Å². The molecule has 0 aliphatic carbocycles. The van der Waals surface area contributed by atoms with Crippen LogP contribution in [0.4, 0.5) is 0 Å². The molecule has 4 heteroatoms. The molecular formula is C7H14O3S. The van der Waals surface area contributed by atoms with Gasteiger partial charge in [0.15, 0.2) is 0 Å². The molecule has 66 valence electrons. The smallest absolute Gasteiger partial charge is 0.318 e. The third-order valence-electron chi connectivity index (χ3n) is 1.19. The van der Waals surface area contributed by atoms with Crippen LogP contribution in [0.25, 0.3) is 0 Å². The van der Waals surface area contributed by atoms with Gasteiger partial charge in [-0.15, -0.1) is 0 Å². The minimum Gasteiger partial charge on any atom is -0.462 e. The van der Waals surface area contributed by atoms with Crippen LogP contribution < -0.4 is 0 Å². The Bertz CT molecular complexity index is 116. The zero-order valence-corrected chi connectivity index (χ0v) is 7.77. The van der Waals surface area contributed by atoms with Crippen LogP contribution in [0.3, 0.4) is 0 Å². The SMILES string of the molecule is CCC(S)C(=O)OCCOC. The predicted molar refractivity (Wildman–Crippen MR) is 45.9 cm³/mol. The van der Waals surface area contributed by atoms with Gasteiger partial charge in [-0.05, 0) is 6.42 Å². The van der Waals surface area contributed by atoms with Crippen molar-refractivity contribution in [2.45, 2.75) is 18.6 Å². The Morgan fingerprint density at radius 2 is 2.18 bits per heavy atom. The van der Waals surface area contributed by atoms with Gasteiger partial charge < -0.3 is 9.47 Å². The average molecular weight is 178 g/mol. The van der Waals surface area contributed by atoms with Crippen LogP contribution in [-0.4, -0.2) is 31.5 Å². The van der Waals surface area contributed by atoms with Crippen molar-refractivity contribution in [1.82, 2.24) is 0 Å². The van der Waals surface area contributed by atoms with Gasteiger partial charge in [0.2, 0.25) is 0 Å². The first-order chi connectivity index (χ1) is 5.22. The Hall–Kier alpha value is -0.220. The van der Waals surface area contributed by atoms with Gasteiger partial charge in [-0.1, -0.05) is 6.92 Å². The number of methoxy groups -OCH3 is 1. The van der Waals surface area contributed by atoms with Crippen LogP contribution in [0.2, 0.25) is 0 Å². The van der Waals surface area contributed by atoms with Gasteiger partial charge in [-0.25, -0.2) is 0 Å². The van der Waals surface area contributed by atoms with Crippen LogP contribution in [-0.2, 0) is 14.3 Å². The summed E-state index contributed by atoms with van der Waals surface area (Å²) in [5.74, 6) is -0.270. The highest BCUT2D eigenvalue weighted by molar-refractivity contribution is 7.81. The van der Waals surface area contributed by atoms with Gasteiger partial charge in [-0.3, -0.25) is 4.79 Å². The number of rotatable bonds is 5. The normalized spacial score (nSPS) is 12.6. The van der Waals surface area contributed by atoms with Crippen molar-refractivity contribution in [2.75, 3.05) is 20.3 Å². The highest BCUT2D eigenvalue weighted by atomic mass is 32.1. The van der Waals surface area contributed by atoms with Crippen molar-refractivity contribution >= 4 is 18.6 Å². The molecule has 0 aromatic carbocycles. The second-order valence-corrected chi connectivity index (χ2v) is 2.71. The number of carbonyl (C=O) groups is 1. The molecule has 0 fully saturated rings. The molecule has 0 saturated carbocycles. The lowest BCUT2D eigenvalue weighted by Crippen LogP contribution is -2.19. The van der Waals surface area contributed by atoms with Crippen molar-refractivity contribution in [1.29, 1.82) is 0 Å². The second-order valence-electron chi connectivity index (χ2n) is 2.08. The lowest BCUT2D eigenvalue weighted by atomic mass is 10.3. The van der Waals surface area contributed by atoms with Gasteiger partial charge in [-0.2, -0.15) is 12.6 Å². The molecule has 0 rings (SSSR count). The summed E-state index contributed by atoms with van der Waals surface area (Å²) in [6.45, 7) is 2.64. The standard InChI is InChI=1S/C7H14O3S/c1-3-6(11)7(8)10-5-4-9-2/h6,11H,3-5H2,1-2H3. The Morgan fingerprint density at radius 1 is 1.55 bits per heavy atom. The molecule has 0 saturated heterocycles. The Kier molecular flexibility index (Phi) is 6.36. The third kappa shape index (κ3) is 5.09. The third-order valence-corrected chi connectivity index (χ3v) is 1.77. The first-order valence-electron chi connectivity index (χ1n) is 3.56. The van der Waals surface area contributed by atoms with E-state index in [0.717, 1.165) is 0 Å². The summed E-state index contributed by atoms with van der Waals surface area (Å²) >= 11 is 4.01. The zero-order valence-electron chi connectivity index (χ0n) is 6.87. The maximum Gasteiger partial charge on any atom is 0.318 e. The molecule has 0 aliphatic rings. The van der Waals surface area contributed by atoms with Crippen LogP contribution in [0.1, 0.15) is 13.3 Å². The maximum atomic E-state index is 10.9. The molecule has 1 unspecified atom stereocenters. The van der Waals surface area contributed by atoms with Crippen LogP contribution >= 0.6 is 12.6 Å². The average Bonchev–Trinajstić information content (AvgIpc) is 2.03. The second kappa shape index (κ2) is 6.49. The van der Waals surface area contributed by atoms with Crippen molar-refractivity contribution in [3.63, 3.8) is 0 Å². The summed E-state index contributed by atoms with van der Waals surface area (Å²) in [5.41, 5.74) is 0. The molecule has 1 atom stereocenters. The highest BCUT2D eigenvalue weighted by Gasteiger charge is 2.11. The molecule has 0 N–H and O–H groups in total. The van der Waals surface area contributed by atoms with E-state index in [1.54, 1.807) is 7.11 Å². The summed E-state index contributed by atoms with van der Waals surface area (Å²) in [7, 11) is 1.56. The number of hydrogen-bond acceptors (Lipinski definition) is 4. The monoisotopic (exact) mass is 178 g/mol. The van der Waals surface area contributed by atoms with Crippen LogP contribution in [0.5, 0.6) is 0 Å². The van der Waals surface area contributed by atoms with E-state index in [1.165, 1.54) is 0 Å². The number of thiol groups is 1. The molecule has 0 radical (unpaired) electrons. The van der Waals surface area contributed by atoms with E-state index in [4.69, 9.17) is 9.47 Å². The van der Waals surface area contributed by atoms with E-state index in [2.05, 4.69) is 12.6 Å². The van der Waals surface area contributed by atoms with E-state index in [1.807, 2.05) is 6.92 Å². The molecular weight excluding hydrogens is 164 g/mol. The minimum atomic E-state index is -0.299.